The number of nitrogens with one attached hydrogen (secondary N) is 3. The molecule has 0 aliphatic carbocycles. The SMILES string of the molecule is CCC(Sc1cccc(NC(=O)/C(=C\c2cccc(C)c2)NC(=O)c2ccccc2)c1)C(=O)Nc1cc(C)on1. The number of amides is 3. The monoisotopic (exact) mass is 554 g/mol. The predicted molar refractivity (Wildman–Crippen MR) is 158 cm³/mol. The highest BCUT2D eigenvalue weighted by Gasteiger charge is 2.20. The molecule has 0 radical (unpaired) electrons. The van der Waals surface area contributed by atoms with Gasteiger partial charge in [0.25, 0.3) is 11.8 Å². The van der Waals surface area contributed by atoms with E-state index < -0.39 is 11.8 Å². The van der Waals surface area contributed by atoms with E-state index >= 15 is 0 Å². The normalized spacial score (nSPS) is 11.9. The first-order valence-electron chi connectivity index (χ1n) is 12.8. The van der Waals surface area contributed by atoms with Gasteiger partial charge in [-0.1, -0.05) is 66.2 Å². The molecule has 4 rings (SSSR count). The van der Waals surface area contributed by atoms with Crippen molar-refractivity contribution in [3.63, 3.8) is 0 Å². The molecule has 0 saturated carbocycles. The highest BCUT2D eigenvalue weighted by molar-refractivity contribution is 8.00. The largest absolute Gasteiger partial charge is 0.360 e. The van der Waals surface area contributed by atoms with Gasteiger partial charge < -0.3 is 20.5 Å². The molecule has 0 saturated heterocycles. The van der Waals surface area contributed by atoms with E-state index in [1.165, 1.54) is 11.8 Å². The molecule has 0 aliphatic heterocycles. The van der Waals surface area contributed by atoms with E-state index in [9.17, 15) is 14.4 Å². The number of nitrogens with zero attached hydrogens (tertiary/aromatic N) is 1. The summed E-state index contributed by atoms with van der Waals surface area (Å²) in [5, 5.41) is 11.8. The molecule has 4 aromatic rings. The van der Waals surface area contributed by atoms with E-state index in [0.717, 1.165) is 16.0 Å². The number of carbonyl (C=O) groups excluding carboxylic acids is 3. The number of benzene rings is 3. The van der Waals surface area contributed by atoms with Crippen molar-refractivity contribution in [1.82, 2.24) is 10.5 Å². The lowest BCUT2D eigenvalue weighted by Crippen LogP contribution is -2.30. The van der Waals surface area contributed by atoms with Crippen molar-refractivity contribution >= 4 is 47.1 Å². The topological polar surface area (TPSA) is 113 Å². The van der Waals surface area contributed by atoms with Crippen LogP contribution in [-0.2, 0) is 9.59 Å². The highest BCUT2D eigenvalue weighted by atomic mass is 32.2. The van der Waals surface area contributed by atoms with Gasteiger partial charge in [-0.2, -0.15) is 0 Å². The van der Waals surface area contributed by atoms with E-state index in [0.29, 0.717) is 29.2 Å². The molecule has 204 valence electrons. The van der Waals surface area contributed by atoms with Gasteiger partial charge in [0, 0.05) is 22.2 Å². The van der Waals surface area contributed by atoms with Gasteiger partial charge in [-0.3, -0.25) is 14.4 Å². The maximum absolute atomic E-state index is 13.4. The van der Waals surface area contributed by atoms with Gasteiger partial charge in [-0.05, 0) is 62.2 Å². The average Bonchev–Trinajstić information content (AvgIpc) is 3.36. The van der Waals surface area contributed by atoms with Crippen LogP contribution in [0.25, 0.3) is 6.08 Å². The summed E-state index contributed by atoms with van der Waals surface area (Å²) in [5.74, 6) is -0.0808. The van der Waals surface area contributed by atoms with Crippen LogP contribution < -0.4 is 16.0 Å². The summed E-state index contributed by atoms with van der Waals surface area (Å²) in [6, 6.07) is 25.2. The van der Waals surface area contributed by atoms with E-state index in [-0.39, 0.29) is 16.9 Å². The fourth-order valence-corrected chi connectivity index (χ4v) is 4.85. The second kappa shape index (κ2) is 13.4. The van der Waals surface area contributed by atoms with Crippen LogP contribution in [0.2, 0.25) is 0 Å². The van der Waals surface area contributed by atoms with Crippen molar-refractivity contribution in [1.29, 1.82) is 0 Å². The lowest BCUT2D eigenvalue weighted by atomic mass is 10.1. The van der Waals surface area contributed by atoms with Crippen molar-refractivity contribution < 1.29 is 18.9 Å². The van der Waals surface area contributed by atoms with Gasteiger partial charge in [-0.25, -0.2) is 0 Å². The Hall–Kier alpha value is -4.63. The van der Waals surface area contributed by atoms with Gasteiger partial charge >= 0.3 is 0 Å². The van der Waals surface area contributed by atoms with Crippen LogP contribution in [0, 0.1) is 13.8 Å². The Morgan fingerprint density at radius 3 is 2.40 bits per heavy atom. The molecule has 0 bridgehead atoms. The smallest absolute Gasteiger partial charge is 0.272 e. The second-order valence-corrected chi connectivity index (χ2v) is 10.4. The van der Waals surface area contributed by atoms with Gasteiger partial charge in [-0.15, -0.1) is 11.8 Å². The van der Waals surface area contributed by atoms with Crippen molar-refractivity contribution in [2.24, 2.45) is 0 Å². The number of anilines is 2. The Bertz CT molecular complexity index is 1530. The fraction of sp³-hybridized carbons (Fsp3) is 0.161. The molecule has 0 spiro atoms. The van der Waals surface area contributed by atoms with Crippen LogP contribution in [0.4, 0.5) is 11.5 Å². The van der Waals surface area contributed by atoms with Crippen LogP contribution in [-0.4, -0.2) is 28.1 Å². The minimum Gasteiger partial charge on any atom is -0.360 e. The molecule has 1 heterocycles. The van der Waals surface area contributed by atoms with Crippen molar-refractivity contribution in [2.45, 2.75) is 37.3 Å². The molecular formula is C31H30N4O4S. The standard InChI is InChI=1S/C31H30N4O4S/c1-4-27(31(38)34-28-17-21(3)39-35-28)40-25-15-9-14-24(19-25)32-30(37)26(18-22-11-8-10-20(2)16-22)33-29(36)23-12-6-5-7-13-23/h5-19,27H,4H2,1-3H3,(H,32,37)(H,33,36)(H,34,35,38)/b26-18+. The third-order valence-corrected chi connectivity index (χ3v) is 7.15. The summed E-state index contributed by atoms with van der Waals surface area (Å²) in [6.45, 7) is 5.64. The number of rotatable bonds is 10. The van der Waals surface area contributed by atoms with Crippen LogP contribution in [0.5, 0.6) is 0 Å². The van der Waals surface area contributed by atoms with Crippen molar-refractivity contribution in [2.75, 3.05) is 10.6 Å². The number of hydrogen-bond donors (Lipinski definition) is 3. The Labute approximate surface area is 237 Å². The Kier molecular flexibility index (Phi) is 9.53. The van der Waals surface area contributed by atoms with E-state index in [2.05, 4.69) is 21.1 Å². The molecule has 1 aromatic heterocycles. The number of hydrogen-bond acceptors (Lipinski definition) is 6. The third-order valence-electron chi connectivity index (χ3n) is 5.79. The summed E-state index contributed by atoms with van der Waals surface area (Å²) in [6.07, 6.45) is 2.23. The summed E-state index contributed by atoms with van der Waals surface area (Å²) in [4.78, 5) is 39.9. The summed E-state index contributed by atoms with van der Waals surface area (Å²) in [5.41, 5.74) is 2.88. The van der Waals surface area contributed by atoms with Gasteiger partial charge in [0.2, 0.25) is 5.91 Å². The minimum absolute atomic E-state index is 0.103. The lowest BCUT2D eigenvalue weighted by molar-refractivity contribution is -0.116. The van der Waals surface area contributed by atoms with Crippen molar-refractivity contribution in [3.8, 4) is 0 Å². The molecule has 8 nitrogen and oxygen atoms in total. The number of aryl methyl sites for hydroxylation is 2. The van der Waals surface area contributed by atoms with Crippen LogP contribution in [0.3, 0.4) is 0 Å². The van der Waals surface area contributed by atoms with E-state index in [1.807, 2.05) is 50.2 Å². The van der Waals surface area contributed by atoms with Crippen molar-refractivity contribution in [3.05, 3.63) is 113 Å². The Balaban J connectivity index is 1.50. The highest BCUT2D eigenvalue weighted by Crippen LogP contribution is 2.29. The number of thioether (sulfide) groups is 1. The zero-order valence-electron chi connectivity index (χ0n) is 22.4. The molecule has 1 atom stereocenters. The van der Waals surface area contributed by atoms with Crippen LogP contribution >= 0.6 is 11.8 Å². The maximum Gasteiger partial charge on any atom is 0.272 e. The lowest BCUT2D eigenvalue weighted by Gasteiger charge is -2.15. The second-order valence-electron chi connectivity index (χ2n) is 9.10. The first-order valence-corrected chi connectivity index (χ1v) is 13.7. The van der Waals surface area contributed by atoms with E-state index in [1.54, 1.807) is 61.5 Å². The van der Waals surface area contributed by atoms with E-state index in [4.69, 9.17) is 4.52 Å². The Morgan fingerprint density at radius 2 is 1.70 bits per heavy atom. The number of carbonyl (C=O) groups is 3. The molecule has 0 aliphatic rings. The zero-order chi connectivity index (χ0) is 28.5. The van der Waals surface area contributed by atoms with Gasteiger partial charge in [0.1, 0.15) is 11.5 Å². The zero-order valence-corrected chi connectivity index (χ0v) is 23.2. The maximum atomic E-state index is 13.4. The number of aromatic nitrogens is 1. The molecule has 3 amide bonds. The third kappa shape index (κ3) is 7.94. The first-order chi connectivity index (χ1) is 19.3. The molecular weight excluding hydrogens is 524 g/mol. The molecule has 1 unspecified atom stereocenters. The summed E-state index contributed by atoms with van der Waals surface area (Å²) in [7, 11) is 0. The Morgan fingerprint density at radius 1 is 0.925 bits per heavy atom. The average molecular weight is 555 g/mol. The van der Waals surface area contributed by atoms with Crippen LogP contribution in [0.1, 0.15) is 40.6 Å². The molecule has 0 fully saturated rings. The van der Waals surface area contributed by atoms with Gasteiger partial charge in [0.15, 0.2) is 5.82 Å². The van der Waals surface area contributed by atoms with Gasteiger partial charge in [0.05, 0.1) is 5.25 Å². The molecule has 40 heavy (non-hydrogen) atoms. The first kappa shape index (κ1) is 28.4. The minimum atomic E-state index is -0.473. The quantitative estimate of drug-likeness (QED) is 0.159. The molecule has 3 aromatic carbocycles. The summed E-state index contributed by atoms with van der Waals surface area (Å²) >= 11 is 1.38. The predicted octanol–water partition coefficient (Wildman–Crippen LogP) is 6.21. The molecule has 3 N–H and O–H groups in total. The molecule has 9 heteroatoms. The van der Waals surface area contributed by atoms with Crippen LogP contribution in [0.15, 0.2) is 100 Å². The summed E-state index contributed by atoms with van der Waals surface area (Å²) < 4.78 is 5.02. The fourth-order valence-electron chi connectivity index (χ4n) is 3.83.